The third kappa shape index (κ3) is 5.81. The van der Waals surface area contributed by atoms with Crippen molar-refractivity contribution in [2.75, 3.05) is 23.3 Å². The molecule has 1 N–H and O–H groups in total. The highest BCUT2D eigenvalue weighted by Crippen LogP contribution is 2.21. The summed E-state index contributed by atoms with van der Waals surface area (Å²) in [7, 11) is 0. The van der Waals surface area contributed by atoms with Crippen LogP contribution in [0.5, 0.6) is 0 Å². The molecule has 6 heteroatoms. The van der Waals surface area contributed by atoms with Gasteiger partial charge in [0.05, 0.1) is 0 Å². The molecule has 1 amide bonds. The molecule has 1 fully saturated rings. The Hall–Kier alpha value is -2.37. The number of aromatic nitrogens is 2. The van der Waals surface area contributed by atoms with Gasteiger partial charge in [-0.1, -0.05) is 31.8 Å². The molecule has 27 heavy (non-hydrogen) atoms. The van der Waals surface area contributed by atoms with E-state index < -0.39 is 0 Å². The maximum Gasteiger partial charge on any atom is 0.226 e. The molecule has 2 heterocycles. The molecule has 6 nitrogen and oxygen atoms in total. The Morgan fingerprint density at radius 2 is 1.85 bits per heavy atom. The summed E-state index contributed by atoms with van der Waals surface area (Å²) in [5, 5.41) is 6.91. The lowest BCUT2D eigenvalue weighted by Crippen LogP contribution is -2.23. The summed E-state index contributed by atoms with van der Waals surface area (Å²) in [5.74, 6) is 1.59. The highest BCUT2D eigenvalue weighted by molar-refractivity contribution is 5.90. The minimum absolute atomic E-state index is 0.0149. The van der Waals surface area contributed by atoms with Gasteiger partial charge in [0.15, 0.2) is 5.82 Å². The van der Waals surface area contributed by atoms with Crippen molar-refractivity contribution in [3.8, 4) is 0 Å². The van der Waals surface area contributed by atoms with Gasteiger partial charge in [-0.2, -0.15) is 4.98 Å². The molecule has 0 spiro atoms. The van der Waals surface area contributed by atoms with E-state index in [0.717, 1.165) is 24.6 Å². The summed E-state index contributed by atoms with van der Waals surface area (Å²) >= 11 is 0. The number of rotatable bonds is 7. The molecule has 0 radical (unpaired) electrons. The Labute approximate surface area is 161 Å². The van der Waals surface area contributed by atoms with Crippen molar-refractivity contribution in [3.63, 3.8) is 0 Å². The van der Waals surface area contributed by atoms with Gasteiger partial charge in [-0.05, 0) is 43.5 Å². The largest absolute Gasteiger partial charge is 0.372 e. The fourth-order valence-corrected chi connectivity index (χ4v) is 3.31. The van der Waals surface area contributed by atoms with Crippen LogP contribution in [0.2, 0.25) is 0 Å². The van der Waals surface area contributed by atoms with Crippen LogP contribution >= 0.6 is 0 Å². The SMILES string of the molecule is CC(C)c1noc(CCCC(=O)Nc2ccc(N3CCCCCC3)cc2)n1. The number of carbonyl (C=O) groups is 1. The van der Waals surface area contributed by atoms with E-state index in [4.69, 9.17) is 4.52 Å². The predicted octanol–water partition coefficient (Wildman–Crippen LogP) is 4.53. The fourth-order valence-electron chi connectivity index (χ4n) is 3.31. The number of amides is 1. The number of nitrogens with zero attached hydrogens (tertiary/aromatic N) is 3. The van der Waals surface area contributed by atoms with Gasteiger partial charge in [-0.15, -0.1) is 0 Å². The minimum atomic E-state index is 0.0149. The summed E-state index contributed by atoms with van der Waals surface area (Å²) in [6.45, 7) is 6.31. The third-order valence-electron chi connectivity index (χ3n) is 4.92. The van der Waals surface area contributed by atoms with E-state index in [0.29, 0.717) is 25.2 Å². The van der Waals surface area contributed by atoms with Crippen LogP contribution in [0.3, 0.4) is 0 Å². The van der Waals surface area contributed by atoms with Crippen LogP contribution in [0, 0.1) is 0 Å². The van der Waals surface area contributed by atoms with Crippen LogP contribution in [0.4, 0.5) is 11.4 Å². The number of benzene rings is 1. The van der Waals surface area contributed by atoms with Crippen LogP contribution in [-0.2, 0) is 11.2 Å². The smallest absolute Gasteiger partial charge is 0.226 e. The zero-order valence-electron chi connectivity index (χ0n) is 16.4. The maximum atomic E-state index is 12.2. The molecule has 2 aromatic rings. The summed E-state index contributed by atoms with van der Waals surface area (Å²) < 4.78 is 5.21. The molecular weight excluding hydrogens is 340 g/mol. The first-order valence-corrected chi connectivity index (χ1v) is 10.1. The molecule has 0 unspecified atom stereocenters. The number of carbonyl (C=O) groups excluding carboxylic acids is 1. The Kier molecular flexibility index (Phi) is 6.85. The number of nitrogens with one attached hydrogen (secondary N) is 1. The van der Waals surface area contributed by atoms with Crippen molar-refractivity contribution in [1.29, 1.82) is 0 Å². The van der Waals surface area contributed by atoms with Crippen molar-refractivity contribution < 1.29 is 9.32 Å². The van der Waals surface area contributed by atoms with Gasteiger partial charge >= 0.3 is 0 Å². The first kappa shape index (κ1) is 19.4. The Balaban J connectivity index is 1.43. The van der Waals surface area contributed by atoms with Crippen molar-refractivity contribution in [3.05, 3.63) is 36.0 Å². The molecule has 1 aliphatic rings. The molecule has 146 valence electrons. The average Bonchev–Trinajstić information content (AvgIpc) is 2.96. The van der Waals surface area contributed by atoms with E-state index in [1.54, 1.807) is 0 Å². The topological polar surface area (TPSA) is 71.3 Å². The lowest BCUT2D eigenvalue weighted by atomic mass is 10.2. The number of hydrogen-bond acceptors (Lipinski definition) is 5. The standard InChI is InChI=1S/C21H30N4O2/c1-16(2)21-23-20(27-24-21)9-7-8-19(26)22-17-10-12-18(13-11-17)25-14-5-3-4-6-15-25/h10-13,16H,3-9,14-15H2,1-2H3,(H,22,26). The zero-order valence-corrected chi connectivity index (χ0v) is 16.4. The Bertz CT molecular complexity index is 716. The Morgan fingerprint density at radius 3 is 2.48 bits per heavy atom. The molecule has 1 saturated heterocycles. The van der Waals surface area contributed by atoms with Crippen LogP contribution in [0.25, 0.3) is 0 Å². The highest BCUT2D eigenvalue weighted by atomic mass is 16.5. The summed E-state index contributed by atoms with van der Waals surface area (Å²) in [6.07, 6.45) is 6.93. The van der Waals surface area contributed by atoms with Gasteiger partial charge in [0, 0.05) is 43.2 Å². The van der Waals surface area contributed by atoms with E-state index in [9.17, 15) is 4.79 Å². The quantitative estimate of drug-likeness (QED) is 0.775. The second-order valence-electron chi connectivity index (χ2n) is 7.55. The second-order valence-corrected chi connectivity index (χ2v) is 7.55. The molecule has 0 aliphatic carbocycles. The minimum Gasteiger partial charge on any atom is -0.372 e. The molecular formula is C21H30N4O2. The van der Waals surface area contributed by atoms with Gasteiger partial charge in [0.2, 0.25) is 11.8 Å². The number of anilines is 2. The van der Waals surface area contributed by atoms with Gasteiger partial charge < -0.3 is 14.7 Å². The third-order valence-corrected chi connectivity index (χ3v) is 4.92. The fraction of sp³-hybridized carbons (Fsp3) is 0.571. The number of hydrogen-bond donors (Lipinski definition) is 1. The molecule has 0 bridgehead atoms. The van der Waals surface area contributed by atoms with Gasteiger partial charge in [-0.25, -0.2) is 0 Å². The maximum absolute atomic E-state index is 12.2. The summed E-state index contributed by atoms with van der Waals surface area (Å²) in [6, 6.07) is 8.19. The molecule has 1 aliphatic heterocycles. The molecule has 0 saturated carbocycles. The molecule has 3 rings (SSSR count). The average molecular weight is 370 g/mol. The van der Waals surface area contributed by atoms with E-state index in [1.807, 2.05) is 26.0 Å². The van der Waals surface area contributed by atoms with Crippen molar-refractivity contribution in [2.45, 2.75) is 64.7 Å². The molecule has 1 aromatic carbocycles. The molecule has 0 atom stereocenters. The number of aryl methyl sites for hydroxylation is 1. The lowest BCUT2D eigenvalue weighted by molar-refractivity contribution is -0.116. The van der Waals surface area contributed by atoms with Crippen LogP contribution in [-0.4, -0.2) is 29.1 Å². The summed E-state index contributed by atoms with van der Waals surface area (Å²) in [4.78, 5) is 18.9. The second kappa shape index (κ2) is 9.53. The Morgan fingerprint density at radius 1 is 1.15 bits per heavy atom. The van der Waals surface area contributed by atoms with Crippen molar-refractivity contribution >= 4 is 17.3 Å². The van der Waals surface area contributed by atoms with Gasteiger partial charge in [0.1, 0.15) is 0 Å². The predicted molar refractivity (Wildman–Crippen MR) is 107 cm³/mol. The molecule has 1 aromatic heterocycles. The van der Waals surface area contributed by atoms with Crippen molar-refractivity contribution in [2.24, 2.45) is 0 Å². The van der Waals surface area contributed by atoms with Crippen LogP contribution in [0.15, 0.2) is 28.8 Å². The van der Waals surface area contributed by atoms with Crippen LogP contribution in [0.1, 0.15) is 70.0 Å². The first-order valence-electron chi connectivity index (χ1n) is 10.1. The van der Waals surface area contributed by atoms with E-state index in [-0.39, 0.29) is 11.8 Å². The lowest BCUT2D eigenvalue weighted by Gasteiger charge is -2.22. The van der Waals surface area contributed by atoms with E-state index >= 15 is 0 Å². The first-order chi connectivity index (χ1) is 13.1. The summed E-state index contributed by atoms with van der Waals surface area (Å²) in [5.41, 5.74) is 2.09. The highest BCUT2D eigenvalue weighted by Gasteiger charge is 2.12. The van der Waals surface area contributed by atoms with E-state index in [2.05, 4.69) is 32.5 Å². The zero-order chi connectivity index (χ0) is 19.1. The van der Waals surface area contributed by atoms with Crippen LogP contribution < -0.4 is 10.2 Å². The van der Waals surface area contributed by atoms with Crippen molar-refractivity contribution in [1.82, 2.24) is 10.1 Å². The normalized spacial score (nSPS) is 15.0. The van der Waals surface area contributed by atoms with Gasteiger partial charge in [0.25, 0.3) is 0 Å². The van der Waals surface area contributed by atoms with E-state index in [1.165, 1.54) is 31.4 Å². The monoisotopic (exact) mass is 370 g/mol. The van der Waals surface area contributed by atoms with Gasteiger partial charge in [-0.3, -0.25) is 4.79 Å².